The van der Waals surface area contributed by atoms with Crippen LogP contribution in [-0.2, 0) is 6.54 Å². The third-order valence-corrected chi connectivity index (χ3v) is 4.21. The third kappa shape index (κ3) is 3.13. The molecule has 1 aliphatic carbocycles. The van der Waals surface area contributed by atoms with E-state index in [1.54, 1.807) is 14.2 Å². The van der Waals surface area contributed by atoms with E-state index in [0.717, 1.165) is 22.9 Å². The van der Waals surface area contributed by atoms with Crippen molar-refractivity contribution < 1.29 is 9.47 Å². The Hall–Kier alpha value is -2.30. The van der Waals surface area contributed by atoms with Gasteiger partial charge in [0.15, 0.2) is 0 Å². The van der Waals surface area contributed by atoms with Crippen LogP contribution in [0.1, 0.15) is 36.3 Å². The normalized spacial score (nSPS) is 14.3. The van der Waals surface area contributed by atoms with Crippen molar-refractivity contribution in [2.24, 2.45) is 0 Å². The minimum absolute atomic E-state index is 0.635. The summed E-state index contributed by atoms with van der Waals surface area (Å²) in [6, 6.07) is 7.91. The molecule has 0 spiro atoms. The maximum Gasteiger partial charge on any atom is 0.149 e. The first kappa shape index (κ1) is 14.6. The lowest BCUT2D eigenvalue weighted by Crippen LogP contribution is -2.11. The molecule has 0 saturated heterocycles. The van der Waals surface area contributed by atoms with Crippen LogP contribution in [0.4, 0.5) is 5.82 Å². The van der Waals surface area contributed by atoms with Gasteiger partial charge < -0.3 is 14.8 Å². The Balaban J connectivity index is 1.69. The number of hydrogen-bond acceptors (Lipinski definition) is 5. The van der Waals surface area contributed by atoms with Crippen LogP contribution in [0, 0.1) is 0 Å². The molecular weight excluding hydrogens is 278 g/mol. The summed E-state index contributed by atoms with van der Waals surface area (Å²) in [5, 5.41) is 11.6. The number of nitrogens with zero attached hydrogens (tertiary/aromatic N) is 2. The molecule has 0 atom stereocenters. The average molecular weight is 299 g/mol. The molecule has 0 bridgehead atoms. The van der Waals surface area contributed by atoms with E-state index in [1.807, 2.05) is 24.4 Å². The van der Waals surface area contributed by atoms with Gasteiger partial charge in [0.1, 0.15) is 17.3 Å². The molecule has 5 nitrogen and oxygen atoms in total. The smallest absolute Gasteiger partial charge is 0.149 e. The highest BCUT2D eigenvalue weighted by Gasteiger charge is 2.20. The molecule has 1 aromatic carbocycles. The summed E-state index contributed by atoms with van der Waals surface area (Å²) in [5.74, 6) is 3.05. The van der Waals surface area contributed by atoms with Gasteiger partial charge in [0.25, 0.3) is 0 Å². The molecule has 0 aliphatic heterocycles. The predicted molar refractivity (Wildman–Crippen MR) is 85.5 cm³/mol. The molecule has 1 N–H and O–H groups in total. The van der Waals surface area contributed by atoms with Gasteiger partial charge in [0, 0.05) is 18.2 Å². The number of nitrogens with one attached hydrogen (secondary N) is 1. The van der Waals surface area contributed by atoms with Crippen molar-refractivity contribution in [2.75, 3.05) is 19.5 Å². The molecule has 0 amide bonds. The summed E-state index contributed by atoms with van der Waals surface area (Å²) in [6.45, 7) is 0.635. The topological polar surface area (TPSA) is 56.3 Å². The number of hydrogen-bond donors (Lipinski definition) is 1. The van der Waals surface area contributed by atoms with Crippen LogP contribution in [0.3, 0.4) is 0 Å². The molecule has 0 radical (unpaired) electrons. The van der Waals surface area contributed by atoms with E-state index in [2.05, 4.69) is 21.6 Å². The lowest BCUT2D eigenvalue weighted by Gasteiger charge is -2.25. The number of benzene rings is 1. The van der Waals surface area contributed by atoms with Crippen molar-refractivity contribution in [1.29, 1.82) is 0 Å². The van der Waals surface area contributed by atoms with E-state index in [1.165, 1.54) is 24.8 Å². The fourth-order valence-corrected chi connectivity index (χ4v) is 2.62. The lowest BCUT2D eigenvalue weighted by molar-refractivity contribution is 0.391. The molecule has 22 heavy (non-hydrogen) atoms. The fraction of sp³-hybridized carbons (Fsp3) is 0.412. The molecule has 116 valence electrons. The van der Waals surface area contributed by atoms with Gasteiger partial charge in [0.05, 0.1) is 20.4 Å². The Bertz CT molecular complexity index is 642. The van der Waals surface area contributed by atoms with Gasteiger partial charge >= 0.3 is 0 Å². The average Bonchev–Trinajstić information content (AvgIpc) is 2.51. The highest BCUT2D eigenvalue weighted by molar-refractivity contribution is 5.44. The molecule has 3 rings (SSSR count). The van der Waals surface area contributed by atoms with E-state index in [0.29, 0.717) is 12.5 Å². The maximum absolute atomic E-state index is 5.41. The number of aromatic nitrogens is 2. The Labute approximate surface area is 130 Å². The molecule has 1 heterocycles. The van der Waals surface area contributed by atoms with Gasteiger partial charge in [-0.15, -0.1) is 5.10 Å². The van der Waals surface area contributed by atoms with Crippen LogP contribution >= 0.6 is 0 Å². The van der Waals surface area contributed by atoms with Gasteiger partial charge in [-0.25, -0.2) is 0 Å². The summed E-state index contributed by atoms with van der Waals surface area (Å²) in [7, 11) is 3.31. The van der Waals surface area contributed by atoms with Crippen molar-refractivity contribution in [1.82, 2.24) is 10.2 Å². The maximum atomic E-state index is 5.41. The van der Waals surface area contributed by atoms with Gasteiger partial charge in [-0.1, -0.05) is 6.42 Å². The summed E-state index contributed by atoms with van der Waals surface area (Å²) in [5.41, 5.74) is 2.34. The standard InChI is InChI=1S/C17H21N3O2/c1-21-15-7-6-13(16(9-15)22-2)10-18-17-8-14(11-19-20-17)12-4-3-5-12/h6-9,11-12H,3-5,10H2,1-2H3,(H,18,20). The van der Waals surface area contributed by atoms with Crippen LogP contribution in [0.5, 0.6) is 11.5 Å². The lowest BCUT2D eigenvalue weighted by atomic mass is 9.81. The van der Waals surface area contributed by atoms with Crippen molar-refractivity contribution in [3.05, 3.63) is 41.6 Å². The highest BCUT2D eigenvalue weighted by atomic mass is 16.5. The first-order valence-electron chi connectivity index (χ1n) is 7.57. The van der Waals surface area contributed by atoms with E-state index >= 15 is 0 Å². The van der Waals surface area contributed by atoms with Crippen molar-refractivity contribution in [3.63, 3.8) is 0 Å². The van der Waals surface area contributed by atoms with Gasteiger partial charge in [-0.05, 0) is 42.5 Å². The van der Waals surface area contributed by atoms with Crippen LogP contribution in [0.25, 0.3) is 0 Å². The van der Waals surface area contributed by atoms with Crippen LogP contribution in [0.15, 0.2) is 30.5 Å². The number of methoxy groups -OCH3 is 2. The van der Waals surface area contributed by atoms with Crippen molar-refractivity contribution in [3.8, 4) is 11.5 Å². The van der Waals surface area contributed by atoms with E-state index in [-0.39, 0.29) is 0 Å². The zero-order valence-corrected chi connectivity index (χ0v) is 13.0. The summed E-state index contributed by atoms with van der Waals surface area (Å²) >= 11 is 0. The predicted octanol–water partition coefficient (Wildman–Crippen LogP) is 3.37. The molecular formula is C17H21N3O2. The zero-order chi connectivity index (χ0) is 15.4. The molecule has 0 unspecified atom stereocenters. The summed E-state index contributed by atoms with van der Waals surface area (Å²) in [6.07, 6.45) is 5.72. The largest absolute Gasteiger partial charge is 0.497 e. The van der Waals surface area contributed by atoms with Crippen LogP contribution in [-0.4, -0.2) is 24.4 Å². The quantitative estimate of drug-likeness (QED) is 0.886. The van der Waals surface area contributed by atoms with Crippen LogP contribution in [0.2, 0.25) is 0 Å². The Morgan fingerprint density at radius 2 is 2.05 bits per heavy atom. The Kier molecular flexibility index (Phi) is 4.42. The van der Waals surface area contributed by atoms with Crippen LogP contribution < -0.4 is 14.8 Å². The Morgan fingerprint density at radius 3 is 2.73 bits per heavy atom. The minimum Gasteiger partial charge on any atom is -0.497 e. The van der Waals surface area contributed by atoms with Gasteiger partial charge in [-0.2, -0.15) is 5.10 Å². The second-order valence-corrected chi connectivity index (χ2v) is 5.53. The van der Waals surface area contributed by atoms with E-state index in [9.17, 15) is 0 Å². The third-order valence-electron chi connectivity index (χ3n) is 4.21. The monoisotopic (exact) mass is 299 g/mol. The molecule has 1 aromatic heterocycles. The second-order valence-electron chi connectivity index (χ2n) is 5.53. The number of anilines is 1. The molecule has 2 aromatic rings. The SMILES string of the molecule is COc1ccc(CNc2cc(C3CCC3)cnn2)c(OC)c1. The first-order valence-corrected chi connectivity index (χ1v) is 7.57. The minimum atomic E-state index is 0.635. The summed E-state index contributed by atoms with van der Waals surface area (Å²) in [4.78, 5) is 0. The molecule has 1 aliphatic rings. The molecule has 1 fully saturated rings. The zero-order valence-electron chi connectivity index (χ0n) is 13.0. The van der Waals surface area contributed by atoms with E-state index in [4.69, 9.17) is 9.47 Å². The number of ether oxygens (including phenoxy) is 2. The highest BCUT2D eigenvalue weighted by Crippen LogP contribution is 2.36. The first-order chi connectivity index (χ1) is 10.8. The second kappa shape index (κ2) is 6.64. The molecule has 5 heteroatoms. The fourth-order valence-electron chi connectivity index (χ4n) is 2.62. The van der Waals surface area contributed by atoms with Crippen molar-refractivity contribution in [2.45, 2.75) is 31.7 Å². The van der Waals surface area contributed by atoms with Gasteiger partial charge in [0.2, 0.25) is 0 Å². The van der Waals surface area contributed by atoms with E-state index < -0.39 is 0 Å². The molecule has 1 saturated carbocycles. The Morgan fingerprint density at radius 1 is 1.18 bits per heavy atom. The number of rotatable bonds is 6. The van der Waals surface area contributed by atoms with Crippen molar-refractivity contribution >= 4 is 5.82 Å². The van der Waals surface area contributed by atoms with Gasteiger partial charge in [-0.3, -0.25) is 0 Å². The summed E-state index contributed by atoms with van der Waals surface area (Å²) < 4.78 is 10.6.